The van der Waals surface area contributed by atoms with E-state index in [-0.39, 0.29) is 11.8 Å². The molecule has 0 unspecified atom stereocenters. The van der Waals surface area contributed by atoms with Crippen molar-refractivity contribution in [3.05, 3.63) is 71.8 Å². The van der Waals surface area contributed by atoms with Crippen molar-refractivity contribution >= 4 is 17.9 Å². The summed E-state index contributed by atoms with van der Waals surface area (Å²) in [4.78, 5) is 41.4. The SMILES string of the molecule is CO[C@H]([C@@H](C)C(=O)N[C@@H](Cc1ccccc1)C(=O)N(C)Cc1ccccc1)[C@@H]1CCCN1C(=O)O. The molecule has 2 aromatic rings. The van der Waals surface area contributed by atoms with Crippen LogP contribution in [0.25, 0.3) is 0 Å². The smallest absolute Gasteiger partial charge is 0.407 e. The maximum Gasteiger partial charge on any atom is 0.407 e. The fourth-order valence-corrected chi connectivity index (χ4v) is 4.77. The summed E-state index contributed by atoms with van der Waals surface area (Å²) >= 11 is 0. The van der Waals surface area contributed by atoms with Gasteiger partial charge in [0, 0.05) is 33.7 Å². The summed E-state index contributed by atoms with van der Waals surface area (Å²) in [6, 6.07) is 18.1. The van der Waals surface area contributed by atoms with Crippen LogP contribution in [0.5, 0.6) is 0 Å². The quantitative estimate of drug-likeness (QED) is 0.543. The molecule has 0 bridgehead atoms. The molecule has 35 heavy (non-hydrogen) atoms. The third kappa shape index (κ3) is 6.82. The van der Waals surface area contributed by atoms with Crippen molar-refractivity contribution in [2.24, 2.45) is 5.92 Å². The predicted molar refractivity (Wildman–Crippen MR) is 133 cm³/mol. The van der Waals surface area contributed by atoms with Crippen LogP contribution in [0.4, 0.5) is 4.79 Å². The molecule has 1 fully saturated rings. The fraction of sp³-hybridized carbons (Fsp3) is 0.444. The number of likely N-dealkylation sites (N-methyl/N-ethyl adjacent to an activating group) is 1. The molecule has 0 aromatic heterocycles. The van der Waals surface area contributed by atoms with Crippen molar-refractivity contribution < 1.29 is 24.2 Å². The van der Waals surface area contributed by atoms with Crippen LogP contribution in [-0.2, 0) is 27.3 Å². The van der Waals surface area contributed by atoms with Crippen LogP contribution >= 0.6 is 0 Å². The lowest BCUT2D eigenvalue weighted by atomic mass is 9.94. The van der Waals surface area contributed by atoms with Gasteiger partial charge >= 0.3 is 6.09 Å². The molecule has 1 aliphatic heterocycles. The van der Waals surface area contributed by atoms with Gasteiger partial charge in [-0.3, -0.25) is 9.59 Å². The van der Waals surface area contributed by atoms with E-state index in [1.165, 1.54) is 12.0 Å². The molecule has 1 heterocycles. The Morgan fingerprint density at radius 2 is 1.69 bits per heavy atom. The van der Waals surface area contributed by atoms with Gasteiger partial charge in [-0.2, -0.15) is 0 Å². The molecule has 3 amide bonds. The van der Waals surface area contributed by atoms with Crippen molar-refractivity contribution in [1.82, 2.24) is 15.1 Å². The van der Waals surface area contributed by atoms with Gasteiger partial charge in [0.05, 0.1) is 18.1 Å². The Kier molecular flexibility index (Phi) is 9.25. The number of likely N-dealkylation sites (tertiary alicyclic amines) is 1. The number of ether oxygens (including phenoxy) is 1. The monoisotopic (exact) mass is 481 g/mol. The van der Waals surface area contributed by atoms with Crippen LogP contribution in [0.15, 0.2) is 60.7 Å². The molecule has 0 spiro atoms. The van der Waals surface area contributed by atoms with Gasteiger partial charge in [-0.1, -0.05) is 67.6 Å². The zero-order valence-electron chi connectivity index (χ0n) is 20.6. The first kappa shape index (κ1) is 26.2. The summed E-state index contributed by atoms with van der Waals surface area (Å²) in [7, 11) is 3.22. The molecule has 2 N–H and O–H groups in total. The van der Waals surface area contributed by atoms with E-state index < -0.39 is 30.2 Å². The van der Waals surface area contributed by atoms with Crippen LogP contribution in [0, 0.1) is 5.92 Å². The topological polar surface area (TPSA) is 99.2 Å². The van der Waals surface area contributed by atoms with Crippen molar-refractivity contribution in [3.63, 3.8) is 0 Å². The maximum absolute atomic E-state index is 13.4. The van der Waals surface area contributed by atoms with Crippen LogP contribution in [0.3, 0.4) is 0 Å². The van der Waals surface area contributed by atoms with Gasteiger partial charge < -0.3 is 25.0 Å². The molecule has 2 aromatic carbocycles. The van der Waals surface area contributed by atoms with Crippen LogP contribution in [-0.4, -0.2) is 71.7 Å². The molecule has 0 saturated carbocycles. The highest BCUT2D eigenvalue weighted by Gasteiger charge is 2.40. The first-order valence-corrected chi connectivity index (χ1v) is 12.0. The number of nitrogens with zero attached hydrogens (tertiary/aromatic N) is 2. The minimum Gasteiger partial charge on any atom is -0.465 e. The molecule has 0 radical (unpaired) electrons. The van der Waals surface area contributed by atoms with Gasteiger partial charge in [0.2, 0.25) is 11.8 Å². The van der Waals surface area contributed by atoms with Crippen molar-refractivity contribution in [3.8, 4) is 0 Å². The zero-order chi connectivity index (χ0) is 25.4. The Balaban J connectivity index is 1.75. The molecule has 8 nitrogen and oxygen atoms in total. The largest absolute Gasteiger partial charge is 0.465 e. The molecule has 1 aliphatic rings. The van der Waals surface area contributed by atoms with E-state index >= 15 is 0 Å². The molecule has 1 saturated heterocycles. The van der Waals surface area contributed by atoms with E-state index in [1.54, 1.807) is 18.9 Å². The number of benzene rings is 2. The molecular formula is C27H35N3O5. The number of carbonyl (C=O) groups excluding carboxylic acids is 2. The van der Waals surface area contributed by atoms with Crippen LogP contribution in [0.2, 0.25) is 0 Å². The summed E-state index contributed by atoms with van der Waals surface area (Å²) in [6.45, 7) is 2.57. The summed E-state index contributed by atoms with van der Waals surface area (Å²) in [5, 5.41) is 12.5. The van der Waals surface area contributed by atoms with Gasteiger partial charge in [-0.25, -0.2) is 4.79 Å². The van der Waals surface area contributed by atoms with E-state index in [4.69, 9.17) is 4.74 Å². The molecule has 3 rings (SSSR count). The average molecular weight is 482 g/mol. The summed E-state index contributed by atoms with van der Waals surface area (Å²) in [5.74, 6) is -1.17. The fourth-order valence-electron chi connectivity index (χ4n) is 4.77. The zero-order valence-corrected chi connectivity index (χ0v) is 20.6. The first-order chi connectivity index (χ1) is 16.8. The average Bonchev–Trinajstić information content (AvgIpc) is 3.34. The Hall–Kier alpha value is -3.39. The molecule has 188 valence electrons. The van der Waals surface area contributed by atoms with Crippen LogP contribution in [0.1, 0.15) is 30.9 Å². The van der Waals surface area contributed by atoms with E-state index in [0.717, 1.165) is 17.5 Å². The van der Waals surface area contributed by atoms with Gasteiger partial charge in [0.25, 0.3) is 0 Å². The first-order valence-electron chi connectivity index (χ1n) is 12.0. The second kappa shape index (κ2) is 12.4. The Morgan fingerprint density at radius 1 is 1.09 bits per heavy atom. The summed E-state index contributed by atoms with van der Waals surface area (Å²) in [5.41, 5.74) is 1.93. The Morgan fingerprint density at radius 3 is 2.26 bits per heavy atom. The highest BCUT2D eigenvalue weighted by molar-refractivity contribution is 5.89. The lowest BCUT2D eigenvalue weighted by Crippen LogP contribution is -2.54. The highest BCUT2D eigenvalue weighted by atomic mass is 16.5. The minimum absolute atomic E-state index is 0.194. The van der Waals surface area contributed by atoms with E-state index in [2.05, 4.69) is 5.32 Å². The van der Waals surface area contributed by atoms with Gasteiger partial charge in [-0.05, 0) is 24.0 Å². The number of methoxy groups -OCH3 is 1. The number of carbonyl (C=O) groups is 3. The standard InChI is InChI=1S/C27H35N3O5/c1-19(24(35-3)23-15-10-16-30(23)27(33)34)25(31)28-22(17-20-11-6-4-7-12-20)26(32)29(2)18-21-13-8-5-9-14-21/h4-9,11-14,19,22-24H,10,15-18H2,1-3H3,(H,28,31)(H,33,34)/t19-,22+,23+,24-/m1/s1. The van der Waals surface area contributed by atoms with E-state index in [9.17, 15) is 19.5 Å². The lowest BCUT2D eigenvalue weighted by Gasteiger charge is -2.33. The number of hydrogen-bond donors (Lipinski definition) is 2. The number of amides is 3. The Bertz CT molecular complexity index is 985. The van der Waals surface area contributed by atoms with E-state index in [1.807, 2.05) is 60.7 Å². The molecule has 4 atom stereocenters. The normalized spacial score (nSPS) is 17.9. The second-order valence-corrected chi connectivity index (χ2v) is 9.11. The second-order valence-electron chi connectivity index (χ2n) is 9.11. The molecule has 0 aliphatic carbocycles. The van der Waals surface area contributed by atoms with Gasteiger partial charge in [0.1, 0.15) is 6.04 Å². The predicted octanol–water partition coefficient (Wildman–Crippen LogP) is 3.17. The number of rotatable bonds is 10. The summed E-state index contributed by atoms with van der Waals surface area (Å²) in [6.07, 6.45) is 0.0867. The van der Waals surface area contributed by atoms with E-state index in [0.29, 0.717) is 25.9 Å². The molecule has 8 heteroatoms. The van der Waals surface area contributed by atoms with Crippen molar-refractivity contribution in [2.45, 2.75) is 50.9 Å². The highest BCUT2D eigenvalue weighted by Crippen LogP contribution is 2.26. The summed E-state index contributed by atoms with van der Waals surface area (Å²) < 4.78 is 5.62. The van der Waals surface area contributed by atoms with Gasteiger partial charge in [-0.15, -0.1) is 0 Å². The number of nitrogens with one attached hydrogen (secondary N) is 1. The number of hydrogen-bond acceptors (Lipinski definition) is 4. The lowest BCUT2D eigenvalue weighted by molar-refractivity contribution is -0.139. The van der Waals surface area contributed by atoms with Crippen molar-refractivity contribution in [1.29, 1.82) is 0 Å². The molecular weight excluding hydrogens is 446 g/mol. The third-order valence-electron chi connectivity index (χ3n) is 6.64. The minimum atomic E-state index is -1.01. The maximum atomic E-state index is 13.4. The number of carboxylic acid groups (broad SMARTS) is 1. The van der Waals surface area contributed by atoms with Crippen molar-refractivity contribution in [2.75, 3.05) is 20.7 Å². The third-order valence-corrected chi connectivity index (χ3v) is 6.64. The Labute approximate surface area is 206 Å². The van der Waals surface area contributed by atoms with Gasteiger partial charge in [0.15, 0.2) is 0 Å². The van der Waals surface area contributed by atoms with Crippen LogP contribution < -0.4 is 5.32 Å².